The molecule has 0 saturated carbocycles. The molecule has 0 spiro atoms. The number of unbranched alkanes of at least 4 members (excludes halogenated alkanes) is 10. The van der Waals surface area contributed by atoms with Gasteiger partial charge in [0.15, 0.2) is 0 Å². The molecule has 1 aromatic carbocycles. The molecular weight excluding hydrogens is 409 g/mol. The Balaban J connectivity index is 1.65. The van der Waals surface area contributed by atoms with Gasteiger partial charge in [-0.2, -0.15) is 0 Å². The predicted octanol–water partition coefficient (Wildman–Crippen LogP) is 9.51. The van der Waals surface area contributed by atoms with Crippen LogP contribution in [0.2, 0.25) is 0 Å². The topological polar surface area (TPSA) is 22.1 Å². The lowest BCUT2D eigenvalue weighted by molar-refractivity contribution is 0.287. The molecule has 0 aliphatic heterocycles. The quantitative estimate of drug-likeness (QED) is 0.197. The molecular formula is C30H46FNO. The van der Waals surface area contributed by atoms with Crippen molar-refractivity contribution in [1.82, 2.24) is 4.98 Å². The number of aromatic nitrogens is 1. The summed E-state index contributed by atoms with van der Waals surface area (Å²) in [6.07, 6.45) is 18.2. The number of rotatable bonds is 19. The third kappa shape index (κ3) is 12.2. The summed E-state index contributed by atoms with van der Waals surface area (Å²) >= 11 is 0. The molecule has 0 amide bonds. The minimum atomic E-state index is -0.695. The molecule has 0 fully saturated rings. The van der Waals surface area contributed by atoms with E-state index in [1.165, 1.54) is 64.2 Å². The number of hydrogen-bond donors (Lipinski definition) is 0. The summed E-state index contributed by atoms with van der Waals surface area (Å²) in [7, 11) is 0. The van der Waals surface area contributed by atoms with Crippen molar-refractivity contribution in [1.29, 1.82) is 0 Å². The van der Waals surface area contributed by atoms with Crippen molar-refractivity contribution in [2.75, 3.05) is 6.61 Å². The van der Waals surface area contributed by atoms with Crippen LogP contribution in [0.15, 0.2) is 42.6 Å². The van der Waals surface area contributed by atoms with E-state index in [4.69, 9.17) is 4.74 Å². The molecule has 0 aliphatic rings. The minimum Gasteiger partial charge on any atom is -0.494 e. The third-order valence-electron chi connectivity index (χ3n) is 6.36. The molecule has 3 heteroatoms. The average molecular weight is 456 g/mol. The van der Waals surface area contributed by atoms with E-state index >= 15 is 0 Å². The van der Waals surface area contributed by atoms with Crippen LogP contribution in [0.25, 0.3) is 11.3 Å². The summed E-state index contributed by atoms with van der Waals surface area (Å²) in [5.41, 5.74) is 3.15. The molecule has 33 heavy (non-hydrogen) atoms. The molecule has 0 saturated heterocycles. The fourth-order valence-electron chi connectivity index (χ4n) is 4.15. The third-order valence-corrected chi connectivity index (χ3v) is 6.36. The largest absolute Gasteiger partial charge is 0.494 e. The fraction of sp³-hybridized carbons (Fsp3) is 0.633. The van der Waals surface area contributed by atoms with E-state index in [1.807, 2.05) is 24.4 Å². The number of benzene rings is 1. The van der Waals surface area contributed by atoms with Crippen LogP contribution in [0.4, 0.5) is 4.39 Å². The van der Waals surface area contributed by atoms with Crippen LogP contribution in [-0.4, -0.2) is 17.8 Å². The summed E-state index contributed by atoms with van der Waals surface area (Å²) in [4.78, 5) is 4.61. The standard InChI is InChI=1S/C30H46FNO/c1-3-5-7-9-11-13-15-28(31)20-16-26-17-23-30(32-25-26)27-18-21-29(22-19-27)33-24-14-12-10-8-6-4-2/h17-19,21-23,25,28H,3-16,20,24H2,1-2H3. The molecule has 0 N–H and O–H groups in total. The lowest BCUT2D eigenvalue weighted by atomic mass is 10.0. The molecule has 2 rings (SSSR count). The summed E-state index contributed by atoms with van der Waals surface area (Å²) in [5.74, 6) is 0.920. The van der Waals surface area contributed by atoms with Gasteiger partial charge in [-0.05, 0) is 61.6 Å². The maximum atomic E-state index is 14.2. The zero-order valence-corrected chi connectivity index (χ0v) is 21.2. The highest BCUT2D eigenvalue weighted by Gasteiger charge is 2.08. The second-order valence-electron chi connectivity index (χ2n) is 9.38. The minimum absolute atomic E-state index is 0.598. The van der Waals surface area contributed by atoms with Gasteiger partial charge in [0, 0.05) is 11.8 Å². The Hall–Kier alpha value is -1.90. The first-order valence-corrected chi connectivity index (χ1v) is 13.5. The van der Waals surface area contributed by atoms with E-state index in [1.54, 1.807) is 0 Å². The maximum absolute atomic E-state index is 14.2. The van der Waals surface area contributed by atoms with Crippen molar-refractivity contribution in [3.8, 4) is 17.0 Å². The van der Waals surface area contributed by atoms with Crippen LogP contribution >= 0.6 is 0 Å². The Morgan fingerprint density at radius 2 is 1.36 bits per heavy atom. The Kier molecular flexibility index (Phi) is 14.6. The van der Waals surface area contributed by atoms with Crippen LogP contribution in [0.3, 0.4) is 0 Å². The highest BCUT2D eigenvalue weighted by atomic mass is 19.1. The van der Waals surface area contributed by atoms with Gasteiger partial charge in [0.05, 0.1) is 12.3 Å². The first-order valence-electron chi connectivity index (χ1n) is 13.5. The average Bonchev–Trinajstić information content (AvgIpc) is 2.85. The lowest BCUT2D eigenvalue weighted by Gasteiger charge is -2.09. The zero-order valence-electron chi connectivity index (χ0n) is 21.2. The van der Waals surface area contributed by atoms with E-state index in [2.05, 4.69) is 37.0 Å². The summed E-state index contributed by atoms with van der Waals surface area (Å²) in [5, 5.41) is 0. The zero-order chi connectivity index (χ0) is 23.6. The van der Waals surface area contributed by atoms with Gasteiger partial charge in [0.1, 0.15) is 11.9 Å². The monoisotopic (exact) mass is 455 g/mol. The van der Waals surface area contributed by atoms with Crippen LogP contribution in [0.5, 0.6) is 5.75 Å². The summed E-state index contributed by atoms with van der Waals surface area (Å²) in [6.45, 7) is 5.26. The number of hydrogen-bond acceptors (Lipinski definition) is 2. The highest BCUT2D eigenvalue weighted by molar-refractivity contribution is 5.60. The summed E-state index contributed by atoms with van der Waals surface area (Å²) < 4.78 is 20.1. The van der Waals surface area contributed by atoms with Gasteiger partial charge >= 0.3 is 0 Å². The Morgan fingerprint density at radius 1 is 0.727 bits per heavy atom. The number of aryl methyl sites for hydroxylation is 1. The van der Waals surface area contributed by atoms with Gasteiger partial charge < -0.3 is 4.74 Å². The van der Waals surface area contributed by atoms with Crippen molar-refractivity contribution in [3.05, 3.63) is 48.2 Å². The van der Waals surface area contributed by atoms with E-state index in [0.717, 1.165) is 48.4 Å². The highest BCUT2D eigenvalue weighted by Crippen LogP contribution is 2.22. The molecule has 2 nitrogen and oxygen atoms in total. The first-order chi connectivity index (χ1) is 16.2. The predicted molar refractivity (Wildman–Crippen MR) is 140 cm³/mol. The van der Waals surface area contributed by atoms with E-state index in [-0.39, 0.29) is 0 Å². The second-order valence-corrected chi connectivity index (χ2v) is 9.38. The smallest absolute Gasteiger partial charge is 0.119 e. The van der Waals surface area contributed by atoms with Gasteiger partial charge in [0.2, 0.25) is 0 Å². The SMILES string of the molecule is CCCCCCCCOc1ccc(-c2ccc(CCC(F)CCCCCCCC)cn2)cc1. The Bertz CT molecular complexity index is 713. The number of halogens is 1. The van der Waals surface area contributed by atoms with Crippen LogP contribution < -0.4 is 4.74 Å². The van der Waals surface area contributed by atoms with Gasteiger partial charge in [-0.25, -0.2) is 4.39 Å². The second kappa shape index (κ2) is 17.6. The van der Waals surface area contributed by atoms with Crippen molar-refractivity contribution < 1.29 is 9.13 Å². The van der Waals surface area contributed by atoms with Crippen molar-refractivity contribution in [2.24, 2.45) is 0 Å². The van der Waals surface area contributed by atoms with Crippen LogP contribution in [0, 0.1) is 0 Å². The van der Waals surface area contributed by atoms with Gasteiger partial charge in [0.25, 0.3) is 0 Å². The van der Waals surface area contributed by atoms with Crippen molar-refractivity contribution >= 4 is 0 Å². The Morgan fingerprint density at radius 3 is 2.00 bits per heavy atom. The van der Waals surface area contributed by atoms with Gasteiger partial charge in [-0.3, -0.25) is 4.98 Å². The molecule has 0 radical (unpaired) electrons. The molecule has 0 bridgehead atoms. The fourth-order valence-corrected chi connectivity index (χ4v) is 4.15. The van der Waals surface area contributed by atoms with Gasteiger partial charge in [-0.1, -0.05) is 90.5 Å². The van der Waals surface area contributed by atoms with E-state index in [9.17, 15) is 4.39 Å². The molecule has 0 aliphatic carbocycles. The lowest BCUT2D eigenvalue weighted by Crippen LogP contribution is -2.02. The van der Waals surface area contributed by atoms with E-state index in [0.29, 0.717) is 12.8 Å². The van der Waals surface area contributed by atoms with Gasteiger partial charge in [-0.15, -0.1) is 0 Å². The first kappa shape index (κ1) is 27.3. The molecule has 1 heterocycles. The van der Waals surface area contributed by atoms with Crippen molar-refractivity contribution in [2.45, 2.75) is 116 Å². The number of alkyl halides is 1. The molecule has 1 aromatic heterocycles. The molecule has 2 aromatic rings. The van der Waals surface area contributed by atoms with E-state index < -0.39 is 6.17 Å². The number of pyridine rings is 1. The molecule has 184 valence electrons. The number of nitrogens with zero attached hydrogens (tertiary/aromatic N) is 1. The van der Waals surface area contributed by atoms with Crippen LogP contribution in [0.1, 0.15) is 109 Å². The number of ether oxygens (including phenoxy) is 1. The normalized spacial score (nSPS) is 12.1. The molecule has 1 unspecified atom stereocenters. The molecule has 1 atom stereocenters. The maximum Gasteiger partial charge on any atom is 0.119 e. The van der Waals surface area contributed by atoms with Crippen molar-refractivity contribution in [3.63, 3.8) is 0 Å². The summed E-state index contributed by atoms with van der Waals surface area (Å²) in [6, 6.07) is 12.3. The Labute approximate surface area is 202 Å². The van der Waals surface area contributed by atoms with Crippen LogP contribution in [-0.2, 0) is 6.42 Å².